The number of nitrogens with zero attached hydrogens (tertiary/aromatic N) is 3. The van der Waals surface area contributed by atoms with Crippen LogP contribution in [0.2, 0.25) is 0 Å². The van der Waals surface area contributed by atoms with Crippen molar-refractivity contribution in [1.29, 1.82) is 0 Å². The highest BCUT2D eigenvalue weighted by atomic mass is 16.5. The Labute approximate surface area is 185 Å². The molecule has 160 valence electrons. The fraction of sp³-hybridized carbons (Fsp3) is 0.160. The lowest BCUT2D eigenvalue weighted by Gasteiger charge is -2.24. The lowest BCUT2D eigenvalue weighted by atomic mass is 10.0. The third-order valence-electron chi connectivity index (χ3n) is 5.27. The van der Waals surface area contributed by atoms with E-state index in [2.05, 4.69) is 23.5 Å². The third kappa shape index (κ3) is 4.18. The number of nitroso groups, excluding NO2 is 1. The molecule has 0 radical (unpaired) electrons. The Kier molecular flexibility index (Phi) is 6.17. The van der Waals surface area contributed by atoms with Crippen LogP contribution < -0.4 is 5.32 Å². The van der Waals surface area contributed by atoms with E-state index >= 15 is 0 Å². The zero-order valence-corrected chi connectivity index (χ0v) is 17.8. The van der Waals surface area contributed by atoms with E-state index < -0.39 is 12.1 Å². The molecule has 3 aromatic carbocycles. The molecule has 7 heteroatoms. The number of methoxy groups -OCH3 is 1. The maximum atomic E-state index is 12.0. The molecule has 0 bridgehead atoms. The Bertz CT molecular complexity index is 1230. The number of hydrogen-bond acceptors (Lipinski definition) is 7. The van der Waals surface area contributed by atoms with Gasteiger partial charge < -0.3 is 10.1 Å². The van der Waals surface area contributed by atoms with Crippen LogP contribution in [0.4, 0.5) is 5.69 Å². The van der Waals surface area contributed by atoms with Crippen LogP contribution in [0.1, 0.15) is 45.7 Å². The van der Waals surface area contributed by atoms with E-state index in [0.717, 1.165) is 17.5 Å². The van der Waals surface area contributed by atoms with Crippen molar-refractivity contribution in [3.63, 3.8) is 0 Å². The zero-order chi connectivity index (χ0) is 22.5. The summed E-state index contributed by atoms with van der Waals surface area (Å²) in [6.07, 6.45) is 0.319. The summed E-state index contributed by atoms with van der Waals surface area (Å²) in [7, 11) is 1.34. The number of carbonyl (C=O) groups excluding carboxylic acids is 1. The number of aliphatic imine (C=N–C) groups is 2. The van der Waals surface area contributed by atoms with Crippen molar-refractivity contribution in [2.45, 2.75) is 19.5 Å². The van der Waals surface area contributed by atoms with Gasteiger partial charge in [0.1, 0.15) is 17.4 Å². The minimum Gasteiger partial charge on any atom is -0.465 e. The fourth-order valence-corrected chi connectivity index (χ4v) is 3.65. The Morgan fingerprint density at radius 2 is 1.75 bits per heavy atom. The number of ether oxygens (including phenoxy) is 1. The number of rotatable bonds is 6. The van der Waals surface area contributed by atoms with Gasteiger partial charge in [-0.25, -0.2) is 14.8 Å². The van der Waals surface area contributed by atoms with Gasteiger partial charge in [0.25, 0.3) is 0 Å². The molecule has 0 amide bonds. The molecule has 0 saturated heterocycles. The average molecular weight is 426 g/mol. The normalized spacial score (nSPS) is 15.2. The highest BCUT2D eigenvalue weighted by Crippen LogP contribution is 2.29. The minimum atomic E-state index is -0.515. The van der Waals surface area contributed by atoms with E-state index in [1.807, 2.05) is 30.3 Å². The molecule has 0 aliphatic carbocycles. The van der Waals surface area contributed by atoms with Crippen molar-refractivity contribution < 1.29 is 9.53 Å². The number of amidine groups is 2. The van der Waals surface area contributed by atoms with Crippen molar-refractivity contribution in [3.8, 4) is 0 Å². The zero-order valence-electron chi connectivity index (χ0n) is 17.8. The van der Waals surface area contributed by atoms with Crippen molar-refractivity contribution in [1.82, 2.24) is 5.32 Å². The van der Waals surface area contributed by atoms with E-state index in [-0.39, 0.29) is 5.69 Å². The molecule has 7 nitrogen and oxygen atoms in total. The summed E-state index contributed by atoms with van der Waals surface area (Å²) in [5.41, 5.74) is 4.10. The molecule has 1 heterocycles. The van der Waals surface area contributed by atoms with Gasteiger partial charge in [-0.1, -0.05) is 55.5 Å². The number of nitrogens with one attached hydrogen (secondary N) is 1. The van der Waals surface area contributed by atoms with Gasteiger partial charge in [-0.15, -0.1) is 4.91 Å². The van der Waals surface area contributed by atoms with Crippen molar-refractivity contribution >= 4 is 23.3 Å². The van der Waals surface area contributed by atoms with Crippen LogP contribution in [0.5, 0.6) is 0 Å². The monoisotopic (exact) mass is 426 g/mol. The Balaban J connectivity index is 1.85. The summed E-state index contributed by atoms with van der Waals surface area (Å²) in [6, 6.07) is 22.0. The molecule has 0 aromatic heterocycles. The van der Waals surface area contributed by atoms with Gasteiger partial charge >= 0.3 is 5.97 Å². The molecule has 4 rings (SSSR count). The van der Waals surface area contributed by atoms with E-state index in [0.29, 0.717) is 28.4 Å². The second-order valence-electron chi connectivity index (χ2n) is 7.19. The van der Waals surface area contributed by atoms with Crippen molar-refractivity contribution in [2.24, 2.45) is 15.2 Å². The second kappa shape index (κ2) is 9.34. The summed E-state index contributed by atoms with van der Waals surface area (Å²) in [5.74, 6) is 0.600. The summed E-state index contributed by atoms with van der Waals surface area (Å²) in [5, 5.41) is 6.38. The highest BCUT2D eigenvalue weighted by molar-refractivity contribution is 6.17. The molecule has 0 spiro atoms. The molecule has 1 aliphatic heterocycles. The van der Waals surface area contributed by atoms with Crippen LogP contribution in [0.25, 0.3) is 0 Å². The molecule has 1 N–H and O–H groups in total. The van der Waals surface area contributed by atoms with E-state index in [1.165, 1.54) is 7.11 Å². The quantitative estimate of drug-likeness (QED) is 0.447. The first-order valence-corrected chi connectivity index (χ1v) is 10.3. The predicted molar refractivity (Wildman–Crippen MR) is 124 cm³/mol. The summed E-state index contributed by atoms with van der Waals surface area (Å²) in [4.78, 5) is 33.1. The van der Waals surface area contributed by atoms with Crippen LogP contribution in [0, 0.1) is 4.91 Å². The Hall–Kier alpha value is -4.13. The topological polar surface area (TPSA) is 92.5 Å². The molecule has 1 atom stereocenters. The van der Waals surface area contributed by atoms with Gasteiger partial charge in [0, 0.05) is 16.7 Å². The van der Waals surface area contributed by atoms with Crippen LogP contribution in [0.3, 0.4) is 0 Å². The largest absolute Gasteiger partial charge is 0.465 e. The first-order valence-electron chi connectivity index (χ1n) is 10.3. The van der Waals surface area contributed by atoms with Gasteiger partial charge in [-0.2, -0.15) is 0 Å². The molecule has 3 aromatic rings. The smallest absolute Gasteiger partial charge is 0.337 e. The van der Waals surface area contributed by atoms with Crippen LogP contribution in [-0.2, 0) is 11.2 Å². The third-order valence-corrected chi connectivity index (χ3v) is 5.27. The van der Waals surface area contributed by atoms with E-state index in [4.69, 9.17) is 14.7 Å². The molecular formula is C25H22N4O3. The maximum absolute atomic E-state index is 12.0. The first-order chi connectivity index (χ1) is 15.6. The number of carbonyl (C=O) groups is 1. The van der Waals surface area contributed by atoms with Gasteiger partial charge in [0.2, 0.25) is 0 Å². The van der Waals surface area contributed by atoms with Gasteiger partial charge in [0.15, 0.2) is 6.17 Å². The molecular weight excluding hydrogens is 404 g/mol. The molecule has 32 heavy (non-hydrogen) atoms. The number of benzene rings is 3. The molecule has 1 aliphatic rings. The Morgan fingerprint density at radius 1 is 1.00 bits per heavy atom. The number of hydrogen-bond donors (Lipinski definition) is 1. The van der Waals surface area contributed by atoms with E-state index in [1.54, 1.807) is 36.4 Å². The standard InChI is InChI=1S/C25H22N4O3/c1-3-16-9-4-5-12-19(16)23-26-22(17-10-8-11-18(15-17)25(30)32-2)27-24(28-23)20-13-6-7-14-21(20)29-31/h4-15,23H,3H2,1-2H3,(H,26,27,28). The number of aryl methyl sites for hydroxylation is 1. The minimum absolute atomic E-state index is 0.283. The van der Waals surface area contributed by atoms with Gasteiger partial charge in [0.05, 0.1) is 12.7 Å². The first kappa shape index (κ1) is 21.1. The van der Waals surface area contributed by atoms with Crippen LogP contribution >= 0.6 is 0 Å². The number of esters is 1. The van der Waals surface area contributed by atoms with E-state index in [9.17, 15) is 9.70 Å². The van der Waals surface area contributed by atoms with Gasteiger partial charge in [-0.3, -0.25) is 0 Å². The average Bonchev–Trinajstić information content (AvgIpc) is 2.87. The van der Waals surface area contributed by atoms with Crippen LogP contribution in [0.15, 0.2) is 88.0 Å². The van der Waals surface area contributed by atoms with Gasteiger partial charge in [-0.05, 0) is 41.4 Å². The summed E-state index contributed by atoms with van der Waals surface area (Å²) in [6.45, 7) is 2.08. The predicted octanol–water partition coefficient (Wildman–Crippen LogP) is 4.93. The maximum Gasteiger partial charge on any atom is 0.337 e. The highest BCUT2D eigenvalue weighted by Gasteiger charge is 2.24. The summed E-state index contributed by atoms with van der Waals surface area (Å²) < 4.78 is 4.85. The van der Waals surface area contributed by atoms with Crippen molar-refractivity contribution in [3.05, 3.63) is 106 Å². The van der Waals surface area contributed by atoms with Crippen molar-refractivity contribution in [2.75, 3.05) is 7.11 Å². The Morgan fingerprint density at radius 3 is 2.53 bits per heavy atom. The lowest BCUT2D eigenvalue weighted by Crippen LogP contribution is -2.36. The fourth-order valence-electron chi connectivity index (χ4n) is 3.65. The summed E-state index contributed by atoms with van der Waals surface area (Å²) >= 11 is 0. The van der Waals surface area contributed by atoms with Crippen LogP contribution in [-0.4, -0.2) is 24.8 Å². The second-order valence-corrected chi connectivity index (χ2v) is 7.19. The lowest BCUT2D eigenvalue weighted by molar-refractivity contribution is 0.0600. The molecule has 0 saturated carbocycles. The SMILES string of the molecule is CCc1ccccc1C1N=C(c2cccc(C(=O)OC)c2)NC(c2ccccc2N=O)=N1. The molecule has 0 fully saturated rings. The molecule has 1 unspecified atom stereocenters.